The molecule has 136 valence electrons. The number of amides is 1. The molecule has 7 heteroatoms. The average molecular weight is 363 g/mol. The summed E-state index contributed by atoms with van der Waals surface area (Å²) in [6.07, 6.45) is 6.80. The van der Waals surface area contributed by atoms with Crippen molar-refractivity contribution in [1.29, 1.82) is 0 Å². The molecule has 1 saturated heterocycles. The number of anilines is 2. The van der Waals surface area contributed by atoms with Gasteiger partial charge in [-0.05, 0) is 36.8 Å². The molecule has 3 aromatic heterocycles. The highest BCUT2D eigenvalue weighted by Gasteiger charge is 2.29. The summed E-state index contributed by atoms with van der Waals surface area (Å²) >= 11 is 0. The molecule has 1 amide bonds. The fourth-order valence-corrected chi connectivity index (χ4v) is 3.71. The van der Waals surface area contributed by atoms with Crippen molar-refractivity contribution in [2.24, 2.45) is 0 Å². The standard InChI is InChI=1S/C20H18FN5O/c21-16-5-7-24(12-16)19-4-3-14(9-23-19)15-8-18-13-26(20(27)25(18)11-15)17-2-1-6-22-10-17/h1-4,6,8-11,16H,5,7,12-13H2/t16-/m1/s1. The smallest absolute Gasteiger partial charge is 0.333 e. The van der Waals surface area contributed by atoms with Gasteiger partial charge < -0.3 is 4.90 Å². The van der Waals surface area contributed by atoms with Gasteiger partial charge in [-0.25, -0.2) is 14.2 Å². The first-order chi connectivity index (χ1) is 13.2. The first kappa shape index (κ1) is 16.0. The lowest BCUT2D eigenvalue weighted by molar-refractivity contribution is 0.251. The van der Waals surface area contributed by atoms with Gasteiger partial charge in [-0.1, -0.05) is 0 Å². The van der Waals surface area contributed by atoms with Crippen LogP contribution < -0.4 is 9.80 Å². The van der Waals surface area contributed by atoms with Crippen LogP contribution >= 0.6 is 0 Å². The largest absolute Gasteiger partial charge is 0.354 e. The van der Waals surface area contributed by atoms with E-state index in [2.05, 4.69) is 9.97 Å². The van der Waals surface area contributed by atoms with Crippen molar-refractivity contribution in [3.8, 4) is 11.1 Å². The zero-order valence-electron chi connectivity index (χ0n) is 14.6. The lowest BCUT2D eigenvalue weighted by Gasteiger charge is -2.16. The Morgan fingerprint density at radius 3 is 2.74 bits per heavy atom. The Morgan fingerprint density at radius 1 is 1.15 bits per heavy atom. The van der Waals surface area contributed by atoms with Crippen LogP contribution in [0.5, 0.6) is 0 Å². The summed E-state index contributed by atoms with van der Waals surface area (Å²) < 4.78 is 15.0. The molecule has 2 aliphatic heterocycles. The highest BCUT2D eigenvalue weighted by atomic mass is 19.1. The highest BCUT2D eigenvalue weighted by molar-refractivity contribution is 5.97. The van der Waals surface area contributed by atoms with Crippen LogP contribution in [0.25, 0.3) is 11.1 Å². The van der Waals surface area contributed by atoms with Gasteiger partial charge in [0.05, 0.1) is 25.0 Å². The molecule has 0 radical (unpaired) electrons. The molecule has 1 atom stereocenters. The predicted octanol–water partition coefficient (Wildman–Crippen LogP) is 3.48. The second-order valence-corrected chi connectivity index (χ2v) is 6.91. The number of carbonyl (C=O) groups is 1. The van der Waals surface area contributed by atoms with Gasteiger partial charge in [0.15, 0.2) is 0 Å². The Labute approximate surface area is 155 Å². The van der Waals surface area contributed by atoms with Gasteiger partial charge in [0.2, 0.25) is 0 Å². The minimum atomic E-state index is -0.769. The lowest BCUT2D eigenvalue weighted by atomic mass is 10.1. The normalized spacial score (nSPS) is 19.0. The number of hydrogen-bond acceptors (Lipinski definition) is 4. The van der Waals surface area contributed by atoms with Gasteiger partial charge in [0, 0.05) is 42.0 Å². The number of carbonyl (C=O) groups excluding carboxylic acids is 1. The molecule has 5 rings (SSSR count). The molecule has 1 fully saturated rings. The maximum Gasteiger partial charge on any atom is 0.333 e. The second-order valence-electron chi connectivity index (χ2n) is 6.91. The van der Waals surface area contributed by atoms with Crippen molar-refractivity contribution in [3.05, 3.63) is 60.8 Å². The molecule has 2 aliphatic rings. The second kappa shape index (κ2) is 6.19. The van der Waals surface area contributed by atoms with Crippen LogP contribution in [0, 0.1) is 0 Å². The van der Waals surface area contributed by atoms with Gasteiger partial charge in [-0.2, -0.15) is 0 Å². The van der Waals surface area contributed by atoms with Crippen LogP contribution in [0.1, 0.15) is 12.1 Å². The summed E-state index contributed by atoms with van der Waals surface area (Å²) in [7, 11) is 0. The molecule has 5 heterocycles. The first-order valence-corrected chi connectivity index (χ1v) is 8.97. The van der Waals surface area contributed by atoms with Crippen molar-refractivity contribution in [2.45, 2.75) is 19.1 Å². The fourth-order valence-electron chi connectivity index (χ4n) is 3.71. The quantitative estimate of drug-likeness (QED) is 0.715. The van der Waals surface area contributed by atoms with Crippen LogP contribution in [-0.2, 0) is 6.54 Å². The average Bonchev–Trinajstić information content (AvgIpc) is 3.39. The van der Waals surface area contributed by atoms with Crippen molar-refractivity contribution < 1.29 is 9.18 Å². The van der Waals surface area contributed by atoms with Crippen molar-refractivity contribution in [3.63, 3.8) is 0 Å². The predicted molar refractivity (Wildman–Crippen MR) is 101 cm³/mol. The molecule has 0 bridgehead atoms. The van der Waals surface area contributed by atoms with E-state index in [4.69, 9.17) is 0 Å². The Bertz CT molecular complexity index is 985. The number of rotatable bonds is 3. The Morgan fingerprint density at radius 2 is 2.07 bits per heavy atom. The van der Waals surface area contributed by atoms with Crippen LogP contribution in [0.15, 0.2) is 55.1 Å². The number of aromatic nitrogens is 3. The minimum absolute atomic E-state index is 0.0834. The fraction of sp³-hybridized carbons (Fsp3) is 0.250. The molecule has 27 heavy (non-hydrogen) atoms. The zero-order valence-corrected chi connectivity index (χ0v) is 14.6. The third kappa shape index (κ3) is 2.75. The van der Waals surface area contributed by atoms with E-state index in [1.807, 2.05) is 41.4 Å². The Balaban J connectivity index is 1.37. The Hall–Kier alpha value is -3.22. The molecule has 0 spiro atoms. The summed E-state index contributed by atoms with van der Waals surface area (Å²) in [5.41, 5.74) is 3.61. The van der Waals surface area contributed by atoms with Gasteiger partial charge in [0.1, 0.15) is 12.0 Å². The third-order valence-corrected chi connectivity index (χ3v) is 5.15. The topological polar surface area (TPSA) is 54.3 Å². The summed E-state index contributed by atoms with van der Waals surface area (Å²) in [6, 6.07) is 9.52. The van der Waals surface area contributed by atoms with Gasteiger partial charge >= 0.3 is 6.03 Å². The molecule has 0 unspecified atom stereocenters. The van der Waals surface area contributed by atoms with E-state index in [0.29, 0.717) is 26.1 Å². The van der Waals surface area contributed by atoms with Crippen LogP contribution in [0.2, 0.25) is 0 Å². The summed E-state index contributed by atoms with van der Waals surface area (Å²) in [6.45, 7) is 1.62. The van der Waals surface area contributed by atoms with E-state index < -0.39 is 6.17 Å². The lowest BCUT2D eigenvalue weighted by Crippen LogP contribution is -2.25. The molecule has 0 saturated carbocycles. The monoisotopic (exact) mass is 363 g/mol. The van der Waals surface area contributed by atoms with Crippen molar-refractivity contribution in [1.82, 2.24) is 14.5 Å². The minimum Gasteiger partial charge on any atom is -0.354 e. The number of hydrogen-bond donors (Lipinski definition) is 0. The number of alkyl halides is 1. The molecule has 6 nitrogen and oxygen atoms in total. The number of pyridine rings is 2. The Kier molecular flexibility index (Phi) is 3.67. The zero-order chi connectivity index (χ0) is 18.4. The number of fused-ring (bicyclic) bond motifs is 1. The molecule has 3 aromatic rings. The molecule has 0 aromatic carbocycles. The third-order valence-electron chi connectivity index (χ3n) is 5.15. The molecular weight excluding hydrogens is 345 g/mol. The maximum atomic E-state index is 13.4. The van der Waals surface area contributed by atoms with Crippen LogP contribution in [-0.4, -0.2) is 39.8 Å². The summed E-state index contributed by atoms with van der Waals surface area (Å²) in [5.74, 6) is 0.796. The maximum absolute atomic E-state index is 13.4. The van der Waals surface area contributed by atoms with E-state index in [-0.39, 0.29) is 6.03 Å². The molecule has 0 aliphatic carbocycles. The van der Waals surface area contributed by atoms with Gasteiger partial charge in [-0.3, -0.25) is 14.5 Å². The van der Waals surface area contributed by atoms with E-state index in [0.717, 1.165) is 28.3 Å². The van der Waals surface area contributed by atoms with E-state index >= 15 is 0 Å². The summed E-state index contributed by atoms with van der Waals surface area (Å²) in [5, 5.41) is 0. The van der Waals surface area contributed by atoms with E-state index in [9.17, 15) is 9.18 Å². The summed E-state index contributed by atoms with van der Waals surface area (Å²) in [4.78, 5) is 24.9. The first-order valence-electron chi connectivity index (χ1n) is 8.97. The molecular formula is C20H18FN5O. The van der Waals surface area contributed by atoms with Crippen LogP contribution in [0.4, 0.5) is 20.7 Å². The number of halogens is 1. The van der Waals surface area contributed by atoms with E-state index in [1.165, 1.54) is 0 Å². The van der Waals surface area contributed by atoms with E-state index in [1.54, 1.807) is 28.1 Å². The highest BCUT2D eigenvalue weighted by Crippen LogP contribution is 2.30. The van der Waals surface area contributed by atoms with Crippen molar-refractivity contribution in [2.75, 3.05) is 22.9 Å². The van der Waals surface area contributed by atoms with Crippen molar-refractivity contribution >= 4 is 17.5 Å². The number of nitrogens with zero attached hydrogens (tertiary/aromatic N) is 5. The molecule has 0 N–H and O–H groups in total. The van der Waals surface area contributed by atoms with Gasteiger partial charge in [0.25, 0.3) is 0 Å². The van der Waals surface area contributed by atoms with Crippen LogP contribution in [0.3, 0.4) is 0 Å². The SMILES string of the molecule is O=C1N(c2cccnc2)Cc2cc(-c3ccc(N4CC[C@@H](F)C4)nc3)cn21. The van der Waals surface area contributed by atoms with Gasteiger partial charge in [-0.15, -0.1) is 0 Å².